The van der Waals surface area contributed by atoms with E-state index in [9.17, 15) is 18.5 Å². The standard InChI is InChI=1S/C12H11BrN2O4S2/c1-8-11(6-12(13)20-8)21(18,19)14-7-9-3-2-4-10(5-9)15(16)17/h2-6,14H,7H2,1H3. The van der Waals surface area contributed by atoms with E-state index >= 15 is 0 Å². The minimum atomic E-state index is -3.64. The van der Waals surface area contributed by atoms with Gasteiger partial charge in [0.25, 0.3) is 5.69 Å². The van der Waals surface area contributed by atoms with Crippen molar-refractivity contribution >= 4 is 43.0 Å². The number of halogens is 1. The Hall–Kier alpha value is -1.29. The number of nitro groups is 1. The number of non-ortho nitro benzene ring substituents is 1. The fourth-order valence-electron chi connectivity index (χ4n) is 1.73. The summed E-state index contributed by atoms with van der Waals surface area (Å²) >= 11 is 4.58. The molecule has 0 aliphatic carbocycles. The SMILES string of the molecule is Cc1sc(Br)cc1S(=O)(=O)NCc1cccc([N+](=O)[O-])c1. The van der Waals surface area contributed by atoms with Crippen LogP contribution in [0, 0.1) is 17.0 Å². The van der Waals surface area contributed by atoms with Gasteiger partial charge in [0, 0.05) is 23.6 Å². The van der Waals surface area contributed by atoms with Gasteiger partial charge in [-0.05, 0) is 34.5 Å². The zero-order chi connectivity index (χ0) is 15.6. The Morgan fingerprint density at radius 2 is 2.10 bits per heavy atom. The lowest BCUT2D eigenvalue weighted by Crippen LogP contribution is -2.23. The van der Waals surface area contributed by atoms with E-state index in [1.54, 1.807) is 13.0 Å². The van der Waals surface area contributed by atoms with Crippen LogP contribution >= 0.6 is 27.3 Å². The van der Waals surface area contributed by atoms with E-state index in [0.29, 0.717) is 10.4 Å². The quantitative estimate of drug-likeness (QED) is 0.626. The molecule has 0 aliphatic rings. The zero-order valence-electron chi connectivity index (χ0n) is 10.9. The van der Waals surface area contributed by atoms with Gasteiger partial charge in [0.2, 0.25) is 10.0 Å². The third-order valence-electron chi connectivity index (χ3n) is 2.72. The lowest BCUT2D eigenvalue weighted by atomic mass is 10.2. The molecule has 0 spiro atoms. The summed E-state index contributed by atoms with van der Waals surface area (Å²) in [5.74, 6) is 0. The molecule has 1 N–H and O–H groups in total. The molecule has 9 heteroatoms. The van der Waals surface area contributed by atoms with Gasteiger partial charge in [-0.3, -0.25) is 10.1 Å². The highest BCUT2D eigenvalue weighted by Gasteiger charge is 2.19. The van der Waals surface area contributed by atoms with Crippen LogP contribution in [0.3, 0.4) is 0 Å². The summed E-state index contributed by atoms with van der Waals surface area (Å²) in [4.78, 5) is 11.1. The predicted octanol–water partition coefficient (Wildman–Crippen LogP) is 3.21. The lowest BCUT2D eigenvalue weighted by Gasteiger charge is -2.06. The molecule has 1 aromatic carbocycles. The number of thiophene rings is 1. The first kappa shape index (κ1) is 16.1. The van der Waals surface area contributed by atoms with Crippen LogP contribution in [0.25, 0.3) is 0 Å². The molecule has 0 fully saturated rings. The maximum atomic E-state index is 12.2. The summed E-state index contributed by atoms with van der Waals surface area (Å²) < 4.78 is 27.6. The second-order valence-corrected chi connectivity index (χ2v) is 8.59. The molecule has 1 heterocycles. The van der Waals surface area contributed by atoms with Gasteiger partial charge in [-0.25, -0.2) is 13.1 Å². The molecule has 21 heavy (non-hydrogen) atoms. The van der Waals surface area contributed by atoms with Crippen molar-refractivity contribution in [2.45, 2.75) is 18.4 Å². The van der Waals surface area contributed by atoms with E-state index in [-0.39, 0.29) is 17.1 Å². The molecule has 2 aromatic rings. The molecule has 0 aliphatic heterocycles. The molecule has 1 aromatic heterocycles. The molecule has 2 rings (SSSR count). The molecule has 0 saturated heterocycles. The van der Waals surface area contributed by atoms with Crippen LogP contribution < -0.4 is 4.72 Å². The maximum Gasteiger partial charge on any atom is 0.269 e. The molecular formula is C12H11BrN2O4S2. The molecule has 112 valence electrons. The van der Waals surface area contributed by atoms with Crippen LogP contribution in [0.4, 0.5) is 5.69 Å². The number of rotatable bonds is 5. The number of sulfonamides is 1. The topological polar surface area (TPSA) is 89.3 Å². The van der Waals surface area contributed by atoms with E-state index in [2.05, 4.69) is 20.7 Å². The number of hydrogen-bond donors (Lipinski definition) is 1. The smallest absolute Gasteiger partial charge is 0.258 e. The number of nitro benzene ring substituents is 1. The van der Waals surface area contributed by atoms with Gasteiger partial charge in [0.05, 0.1) is 13.6 Å². The average Bonchev–Trinajstić information content (AvgIpc) is 2.77. The van der Waals surface area contributed by atoms with Crippen molar-refractivity contribution in [3.63, 3.8) is 0 Å². The largest absolute Gasteiger partial charge is 0.269 e. The van der Waals surface area contributed by atoms with Crippen LogP contribution in [0.2, 0.25) is 0 Å². The maximum absolute atomic E-state index is 12.2. The summed E-state index contributed by atoms with van der Waals surface area (Å²) in [6, 6.07) is 7.40. The zero-order valence-corrected chi connectivity index (χ0v) is 14.1. The van der Waals surface area contributed by atoms with Crippen LogP contribution in [0.15, 0.2) is 39.0 Å². The normalized spacial score (nSPS) is 11.5. The Kier molecular flexibility index (Phi) is 4.77. The Bertz CT molecular complexity index is 786. The molecule has 0 atom stereocenters. The summed E-state index contributed by atoms with van der Waals surface area (Å²) in [5.41, 5.74) is 0.459. The van der Waals surface area contributed by atoms with Gasteiger partial charge in [0.1, 0.15) is 0 Å². The molecule has 0 saturated carbocycles. The van der Waals surface area contributed by atoms with Crippen LogP contribution in [0.5, 0.6) is 0 Å². The summed E-state index contributed by atoms with van der Waals surface area (Å²) in [6.07, 6.45) is 0. The van der Waals surface area contributed by atoms with Crippen molar-refractivity contribution in [2.75, 3.05) is 0 Å². The highest BCUT2D eigenvalue weighted by molar-refractivity contribution is 9.11. The second kappa shape index (κ2) is 6.22. The number of hydrogen-bond acceptors (Lipinski definition) is 5. The van der Waals surface area contributed by atoms with E-state index in [4.69, 9.17) is 0 Å². The third-order valence-corrected chi connectivity index (χ3v) is 5.93. The van der Waals surface area contributed by atoms with E-state index in [0.717, 1.165) is 3.79 Å². The van der Waals surface area contributed by atoms with Crippen molar-refractivity contribution in [2.24, 2.45) is 0 Å². The monoisotopic (exact) mass is 390 g/mol. The highest BCUT2D eigenvalue weighted by Crippen LogP contribution is 2.29. The summed E-state index contributed by atoms with van der Waals surface area (Å²) in [6.45, 7) is 1.72. The summed E-state index contributed by atoms with van der Waals surface area (Å²) in [7, 11) is -3.64. The fraction of sp³-hybridized carbons (Fsp3) is 0.167. The molecule has 0 unspecified atom stereocenters. The third kappa shape index (κ3) is 3.88. The number of nitrogens with one attached hydrogen (secondary N) is 1. The number of nitrogens with zero attached hydrogens (tertiary/aromatic N) is 1. The predicted molar refractivity (Wildman–Crippen MR) is 83.9 cm³/mol. The van der Waals surface area contributed by atoms with Crippen molar-refractivity contribution in [1.82, 2.24) is 4.72 Å². The first-order valence-electron chi connectivity index (χ1n) is 5.78. The summed E-state index contributed by atoms with van der Waals surface area (Å²) in [5, 5.41) is 10.7. The number of benzene rings is 1. The average molecular weight is 391 g/mol. The Balaban J connectivity index is 2.17. The molecule has 0 radical (unpaired) electrons. The van der Waals surface area contributed by atoms with Crippen molar-refractivity contribution < 1.29 is 13.3 Å². The van der Waals surface area contributed by atoms with Crippen LogP contribution in [0.1, 0.15) is 10.4 Å². The van der Waals surface area contributed by atoms with Gasteiger partial charge >= 0.3 is 0 Å². The van der Waals surface area contributed by atoms with Crippen LogP contribution in [-0.4, -0.2) is 13.3 Å². The molecule has 6 nitrogen and oxygen atoms in total. The van der Waals surface area contributed by atoms with Crippen LogP contribution in [-0.2, 0) is 16.6 Å². The fourth-order valence-corrected chi connectivity index (χ4v) is 5.16. The first-order chi connectivity index (χ1) is 9.79. The number of aryl methyl sites for hydroxylation is 1. The minimum absolute atomic E-state index is 0.00306. The van der Waals surface area contributed by atoms with Crippen molar-refractivity contribution in [1.29, 1.82) is 0 Å². The van der Waals surface area contributed by atoms with E-state index in [1.807, 2.05) is 0 Å². The Morgan fingerprint density at radius 1 is 1.38 bits per heavy atom. The van der Waals surface area contributed by atoms with Gasteiger partial charge in [-0.1, -0.05) is 12.1 Å². The van der Waals surface area contributed by atoms with Gasteiger partial charge < -0.3 is 0 Å². The Morgan fingerprint density at radius 3 is 2.67 bits per heavy atom. The van der Waals surface area contributed by atoms with Gasteiger partial charge in [0.15, 0.2) is 0 Å². The molecular weight excluding hydrogens is 380 g/mol. The molecule has 0 amide bonds. The lowest BCUT2D eigenvalue weighted by molar-refractivity contribution is -0.384. The highest BCUT2D eigenvalue weighted by atomic mass is 79.9. The van der Waals surface area contributed by atoms with E-state index < -0.39 is 14.9 Å². The first-order valence-corrected chi connectivity index (χ1v) is 8.88. The van der Waals surface area contributed by atoms with Crippen molar-refractivity contribution in [3.05, 3.63) is 54.7 Å². The van der Waals surface area contributed by atoms with Gasteiger partial charge in [-0.15, -0.1) is 11.3 Å². The van der Waals surface area contributed by atoms with E-state index in [1.165, 1.54) is 35.6 Å². The van der Waals surface area contributed by atoms with Crippen molar-refractivity contribution in [3.8, 4) is 0 Å². The van der Waals surface area contributed by atoms with Gasteiger partial charge in [-0.2, -0.15) is 0 Å². The Labute approximate surface area is 134 Å². The second-order valence-electron chi connectivity index (χ2n) is 4.22. The minimum Gasteiger partial charge on any atom is -0.258 e. The molecule has 0 bridgehead atoms.